The summed E-state index contributed by atoms with van der Waals surface area (Å²) in [4.78, 5) is 12.0. The molecule has 0 amide bonds. The first-order chi connectivity index (χ1) is 10.4. The fourth-order valence-electron chi connectivity index (χ4n) is 1.44. The van der Waals surface area contributed by atoms with Gasteiger partial charge >= 0.3 is 27.5 Å². The number of esters is 1. The first kappa shape index (κ1) is 23.1. The average molecular weight is 382 g/mol. The molecule has 1 N–H and O–H groups in total. The van der Waals surface area contributed by atoms with Crippen LogP contribution >= 0.6 is 0 Å². The van der Waals surface area contributed by atoms with Crippen LogP contribution in [0.2, 0.25) is 0 Å². The maximum absolute atomic E-state index is 13.0. The van der Waals surface area contributed by atoms with Gasteiger partial charge in [0.2, 0.25) is 0 Å². The Labute approximate surface area is 138 Å². The molecule has 0 fully saturated rings. The van der Waals surface area contributed by atoms with Crippen molar-refractivity contribution in [3.63, 3.8) is 0 Å². The summed E-state index contributed by atoms with van der Waals surface area (Å²) >= 11 is 0. The predicted molar refractivity (Wildman–Crippen MR) is 76.2 cm³/mol. The lowest BCUT2D eigenvalue weighted by Gasteiger charge is -2.38. The zero-order chi connectivity index (χ0) is 19.6. The zero-order valence-electron chi connectivity index (χ0n) is 14.0. The molecule has 0 aliphatic carbocycles. The van der Waals surface area contributed by atoms with E-state index in [0.717, 1.165) is 0 Å². The van der Waals surface area contributed by atoms with Gasteiger partial charge in [-0.1, -0.05) is 20.8 Å². The van der Waals surface area contributed by atoms with Crippen molar-refractivity contribution in [3.8, 4) is 0 Å². The van der Waals surface area contributed by atoms with Gasteiger partial charge in [-0.15, -0.1) is 0 Å². The van der Waals surface area contributed by atoms with Gasteiger partial charge in [0.1, 0.15) is 6.61 Å². The van der Waals surface area contributed by atoms with Gasteiger partial charge in [0, 0.05) is 0 Å². The molecule has 0 aliphatic heterocycles. The van der Waals surface area contributed by atoms with Crippen LogP contribution in [0, 0.1) is 10.8 Å². The Balaban J connectivity index is 4.74. The second kappa shape index (κ2) is 7.12. The van der Waals surface area contributed by atoms with Crippen molar-refractivity contribution in [2.75, 3.05) is 13.2 Å². The smallest absolute Gasteiger partial charge is 0.459 e. The van der Waals surface area contributed by atoms with Crippen LogP contribution in [0.25, 0.3) is 0 Å². The van der Waals surface area contributed by atoms with Gasteiger partial charge in [-0.3, -0.25) is 9.35 Å². The maximum Gasteiger partial charge on any atom is 0.459 e. The highest BCUT2D eigenvalue weighted by Gasteiger charge is 2.67. The minimum absolute atomic E-state index is 0.479. The molecule has 0 aromatic carbocycles. The first-order valence-electron chi connectivity index (χ1n) is 6.98. The number of carbonyl (C=O) groups is 1. The Morgan fingerprint density at radius 1 is 1.04 bits per heavy atom. The third-order valence-corrected chi connectivity index (χ3v) is 5.23. The monoisotopic (exact) mass is 382 g/mol. The number of rotatable bonds is 9. The summed E-state index contributed by atoms with van der Waals surface area (Å²) in [6.45, 7) is 6.63. The van der Waals surface area contributed by atoms with Gasteiger partial charge < -0.3 is 9.47 Å². The number of hydrogen-bond acceptors (Lipinski definition) is 5. The minimum atomic E-state index is -6.38. The molecule has 11 heteroatoms. The fraction of sp³-hybridized carbons (Fsp3) is 0.923. The van der Waals surface area contributed by atoms with Gasteiger partial charge in [0.05, 0.1) is 12.0 Å². The third-order valence-electron chi connectivity index (χ3n) is 4.35. The molecule has 0 saturated carbocycles. The standard InChI is InChI=1S/C13H22F4O6S/c1-6-10(2,3)11(4,5)9(18)22-7-8-23-12(14,15)13(16,17)24(19,20)21/h6-8H2,1-5H3,(H,19,20,21). The molecule has 0 bridgehead atoms. The molecule has 0 saturated heterocycles. The molecule has 0 radical (unpaired) electrons. The summed E-state index contributed by atoms with van der Waals surface area (Å²) in [5.74, 6) is -0.747. The largest absolute Gasteiger partial charge is 0.463 e. The second-order valence-electron chi connectivity index (χ2n) is 6.36. The van der Waals surface area contributed by atoms with E-state index in [-0.39, 0.29) is 0 Å². The van der Waals surface area contributed by atoms with Crippen LogP contribution in [0.15, 0.2) is 0 Å². The van der Waals surface area contributed by atoms with Crippen LogP contribution in [0.4, 0.5) is 17.6 Å². The number of alkyl halides is 4. The fourth-order valence-corrected chi connectivity index (χ4v) is 1.80. The molecule has 0 unspecified atom stereocenters. The summed E-state index contributed by atoms with van der Waals surface area (Å²) in [5.41, 5.74) is -1.46. The highest BCUT2D eigenvalue weighted by molar-refractivity contribution is 7.86. The number of ether oxygens (including phenoxy) is 2. The Morgan fingerprint density at radius 3 is 1.88 bits per heavy atom. The molecule has 6 nitrogen and oxygen atoms in total. The van der Waals surface area contributed by atoms with Crippen molar-refractivity contribution in [2.24, 2.45) is 10.8 Å². The average Bonchev–Trinajstić information content (AvgIpc) is 2.41. The van der Waals surface area contributed by atoms with Crippen LogP contribution < -0.4 is 0 Å². The normalized spacial score (nSPS) is 14.6. The van der Waals surface area contributed by atoms with Crippen LogP contribution in [-0.4, -0.2) is 43.5 Å². The van der Waals surface area contributed by atoms with Crippen LogP contribution in [0.1, 0.15) is 41.0 Å². The van der Waals surface area contributed by atoms with Crippen LogP contribution in [0.5, 0.6) is 0 Å². The lowest BCUT2D eigenvalue weighted by Crippen LogP contribution is -2.49. The van der Waals surface area contributed by atoms with Crippen molar-refractivity contribution in [1.82, 2.24) is 0 Å². The molecule has 0 heterocycles. The molecule has 0 aliphatic rings. The predicted octanol–water partition coefficient (Wildman–Crippen LogP) is 3.08. The van der Waals surface area contributed by atoms with E-state index in [9.17, 15) is 30.8 Å². The number of hydrogen-bond donors (Lipinski definition) is 1. The number of carbonyl (C=O) groups excluding carboxylic acids is 1. The molecule has 144 valence electrons. The molecule has 0 aromatic rings. The molecule has 0 spiro atoms. The van der Waals surface area contributed by atoms with Crippen molar-refractivity contribution in [3.05, 3.63) is 0 Å². The summed E-state index contributed by atoms with van der Waals surface area (Å²) in [6.07, 6.45) is -4.87. The van der Waals surface area contributed by atoms with Crippen LogP contribution in [-0.2, 0) is 24.4 Å². The molecule has 0 aromatic heterocycles. The van der Waals surface area contributed by atoms with Crippen LogP contribution in [0.3, 0.4) is 0 Å². The van der Waals surface area contributed by atoms with Crippen molar-refractivity contribution < 1.29 is 44.8 Å². The van der Waals surface area contributed by atoms with Crippen molar-refractivity contribution in [1.29, 1.82) is 0 Å². The van der Waals surface area contributed by atoms with Gasteiger partial charge in [-0.2, -0.15) is 26.0 Å². The van der Waals surface area contributed by atoms with Gasteiger partial charge in [-0.25, -0.2) is 0 Å². The highest BCUT2D eigenvalue weighted by atomic mass is 32.2. The number of halogens is 4. The molecule has 24 heavy (non-hydrogen) atoms. The van der Waals surface area contributed by atoms with E-state index in [1.807, 2.05) is 6.92 Å². The van der Waals surface area contributed by atoms with Gasteiger partial charge in [0.15, 0.2) is 0 Å². The maximum atomic E-state index is 13.0. The zero-order valence-corrected chi connectivity index (χ0v) is 14.8. The van der Waals surface area contributed by atoms with E-state index in [4.69, 9.17) is 9.29 Å². The molecule has 0 rings (SSSR count). The minimum Gasteiger partial charge on any atom is -0.463 e. The third kappa shape index (κ3) is 4.57. The van der Waals surface area contributed by atoms with Gasteiger partial charge in [-0.05, 0) is 25.7 Å². The first-order valence-corrected chi connectivity index (χ1v) is 8.42. The Bertz CT molecular complexity index is 557. The molecule has 0 atom stereocenters. The topological polar surface area (TPSA) is 89.9 Å². The summed E-state index contributed by atoms with van der Waals surface area (Å²) < 4.78 is 88.7. The molecular weight excluding hydrogens is 360 g/mol. The highest BCUT2D eigenvalue weighted by Crippen LogP contribution is 2.42. The Hall–Kier alpha value is -0.940. The lowest BCUT2D eigenvalue weighted by atomic mass is 9.66. The van der Waals surface area contributed by atoms with Crippen molar-refractivity contribution >= 4 is 16.1 Å². The second-order valence-corrected chi connectivity index (χ2v) is 7.82. The van der Waals surface area contributed by atoms with E-state index in [1.165, 1.54) is 0 Å². The summed E-state index contributed by atoms with van der Waals surface area (Å²) in [5, 5.41) is -5.83. The summed E-state index contributed by atoms with van der Waals surface area (Å²) in [6, 6.07) is 0. The van der Waals surface area contributed by atoms with Crippen molar-refractivity contribution in [2.45, 2.75) is 52.4 Å². The van der Waals surface area contributed by atoms with E-state index >= 15 is 0 Å². The van der Waals surface area contributed by atoms with E-state index in [1.54, 1.807) is 27.7 Å². The SMILES string of the molecule is CCC(C)(C)C(C)(C)C(=O)OCCOC(F)(F)C(F)(F)S(=O)(=O)O. The molecular formula is C13H22F4O6S. The summed E-state index contributed by atoms with van der Waals surface area (Å²) in [7, 11) is -6.38. The Morgan fingerprint density at radius 2 is 1.50 bits per heavy atom. The van der Waals surface area contributed by atoms with E-state index in [0.29, 0.717) is 6.42 Å². The lowest BCUT2D eigenvalue weighted by molar-refractivity contribution is -0.320. The van der Waals surface area contributed by atoms with E-state index in [2.05, 4.69) is 4.74 Å². The van der Waals surface area contributed by atoms with E-state index < -0.39 is 51.5 Å². The van der Waals surface area contributed by atoms with Gasteiger partial charge in [0.25, 0.3) is 0 Å². The quantitative estimate of drug-likeness (QED) is 0.285. The Kier molecular flexibility index (Phi) is 6.84.